The van der Waals surface area contributed by atoms with Gasteiger partial charge in [-0.15, -0.1) is 11.3 Å². The highest BCUT2D eigenvalue weighted by Gasteiger charge is 2.24. The summed E-state index contributed by atoms with van der Waals surface area (Å²) in [5, 5.41) is 3.14. The van der Waals surface area contributed by atoms with Crippen LogP contribution in [0.5, 0.6) is 5.75 Å². The zero-order valence-electron chi connectivity index (χ0n) is 15.2. The van der Waals surface area contributed by atoms with E-state index in [1.807, 2.05) is 25.1 Å². The second kappa shape index (κ2) is 8.02. The van der Waals surface area contributed by atoms with Crippen LogP contribution >= 0.6 is 11.3 Å². The number of aryl methyl sites for hydroxylation is 2. The first-order valence-electron chi connectivity index (χ1n) is 8.81. The Morgan fingerprint density at radius 1 is 1.24 bits per heavy atom. The van der Waals surface area contributed by atoms with E-state index in [4.69, 9.17) is 4.74 Å². The van der Waals surface area contributed by atoms with Crippen molar-refractivity contribution in [2.75, 3.05) is 26.7 Å². The maximum absolute atomic E-state index is 12.5. The Hall–Kier alpha value is -1.85. The van der Waals surface area contributed by atoms with Crippen LogP contribution in [0.3, 0.4) is 0 Å². The first-order chi connectivity index (χ1) is 12.1. The van der Waals surface area contributed by atoms with Gasteiger partial charge in [0.15, 0.2) is 0 Å². The third-order valence-corrected chi connectivity index (χ3v) is 6.08. The molecule has 1 aliphatic rings. The molecule has 1 aromatic carbocycles. The molecule has 5 heteroatoms. The highest BCUT2D eigenvalue weighted by molar-refractivity contribution is 7.14. The summed E-state index contributed by atoms with van der Waals surface area (Å²) in [6.07, 6.45) is 2.45. The first kappa shape index (κ1) is 18.0. The molecule has 134 valence electrons. The zero-order chi connectivity index (χ0) is 17.8. The molecule has 3 rings (SSSR count). The molecule has 1 aromatic heterocycles. The lowest BCUT2D eigenvalue weighted by atomic mass is 10.1. The summed E-state index contributed by atoms with van der Waals surface area (Å²) in [4.78, 5) is 17.0. The molecule has 0 radical (unpaired) electrons. The van der Waals surface area contributed by atoms with Crippen LogP contribution in [0, 0.1) is 13.8 Å². The van der Waals surface area contributed by atoms with Gasteiger partial charge in [0.05, 0.1) is 18.0 Å². The summed E-state index contributed by atoms with van der Waals surface area (Å²) in [5.74, 6) is 0.886. The van der Waals surface area contributed by atoms with Crippen LogP contribution < -0.4 is 10.1 Å². The lowest BCUT2D eigenvalue weighted by Crippen LogP contribution is -2.36. The van der Waals surface area contributed by atoms with Crippen molar-refractivity contribution in [3.05, 3.63) is 51.2 Å². The smallest absolute Gasteiger partial charge is 0.261 e. The van der Waals surface area contributed by atoms with Crippen molar-refractivity contribution in [3.8, 4) is 5.75 Å². The van der Waals surface area contributed by atoms with Gasteiger partial charge in [-0.3, -0.25) is 9.69 Å². The van der Waals surface area contributed by atoms with E-state index in [1.54, 1.807) is 18.4 Å². The van der Waals surface area contributed by atoms with Crippen molar-refractivity contribution in [2.24, 2.45) is 0 Å². The van der Waals surface area contributed by atoms with Crippen LogP contribution in [0.1, 0.15) is 44.6 Å². The largest absolute Gasteiger partial charge is 0.497 e. The number of ether oxygens (including phenoxy) is 1. The van der Waals surface area contributed by atoms with E-state index in [2.05, 4.69) is 29.3 Å². The van der Waals surface area contributed by atoms with Gasteiger partial charge in [0, 0.05) is 11.4 Å². The van der Waals surface area contributed by atoms with E-state index < -0.39 is 0 Å². The van der Waals surface area contributed by atoms with Crippen molar-refractivity contribution in [1.82, 2.24) is 10.2 Å². The lowest BCUT2D eigenvalue weighted by molar-refractivity contribution is 0.0942. The monoisotopic (exact) mass is 358 g/mol. The number of nitrogens with one attached hydrogen (secondary N) is 1. The van der Waals surface area contributed by atoms with Crippen molar-refractivity contribution in [3.63, 3.8) is 0 Å². The lowest BCUT2D eigenvalue weighted by Gasteiger charge is -2.28. The normalized spacial score (nSPS) is 16.0. The molecular formula is C20H26N2O2S. The Balaban J connectivity index is 1.72. The number of methoxy groups -OCH3 is 1. The van der Waals surface area contributed by atoms with E-state index >= 15 is 0 Å². The van der Waals surface area contributed by atoms with Gasteiger partial charge in [-0.25, -0.2) is 0 Å². The average molecular weight is 359 g/mol. The van der Waals surface area contributed by atoms with Gasteiger partial charge in [-0.2, -0.15) is 0 Å². The van der Waals surface area contributed by atoms with Crippen molar-refractivity contribution >= 4 is 17.2 Å². The highest BCUT2D eigenvalue weighted by atomic mass is 32.1. The number of carbonyl (C=O) groups is 1. The molecule has 1 aliphatic heterocycles. The zero-order valence-corrected chi connectivity index (χ0v) is 16.0. The van der Waals surface area contributed by atoms with Crippen LogP contribution in [-0.4, -0.2) is 37.6 Å². The Kier molecular flexibility index (Phi) is 5.76. The molecule has 1 amide bonds. The van der Waals surface area contributed by atoms with E-state index in [0.29, 0.717) is 6.54 Å². The van der Waals surface area contributed by atoms with Crippen molar-refractivity contribution in [1.29, 1.82) is 0 Å². The molecule has 0 aliphatic carbocycles. The molecule has 25 heavy (non-hydrogen) atoms. The number of likely N-dealkylation sites (tertiary alicyclic amines) is 1. The number of benzene rings is 1. The molecule has 2 aromatic rings. The molecule has 0 bridgehead atoms. The minimum Gasteiger partial charge on any atom is -0.497 e. The predicted molar refractivity (Wildman–Crippen MR) is 103 cm³/mol. The minimum absolute atomic E-state index is 0.0268. The van der Waals surface area contributed by atoms with Gasteiger partial charge >= 0.3 is 0 Å². The van der Waals surface area contributed by atoms with E-state index in [1.165, 1.54) is 28.8 Å². The number of amides is 1. The third kappa shape index (κ3) is 4.22. The number of thiophene rings is 1. The molecule has 1 fully saturated rings. The standard InChI is InChI=1S/C20H26N2O2S/c1-14-12-19(25-15(14)2)20(23)21-13-18(22-10-4-5-11-22)16-6-8-17(24-3)9-7-16/h6-9,12,18H,4-5,10-11,13H2,1-3H3,(H,21,23)/t18-/m0/s1. The summed E-state index contributed by atoms with van der Waals surface area (Å²) in [5.41, 5.74) is 2.41. The summed E-state index contributed by atoms with van der Waals surface area (Å²) in [6, 6.07) is 10.4. The minimum atomic E-state index is 0.0268. The Labute approximate surface area is 153 Å². The fourth-order valence-electron chi connectivity index (χ4n) is 3.30. The topological polar surface area (TPSA) is 41.6 Å². The summed E-state index contributed by atoms with van der Waals surface area (Å²) in [7, 11) is 1.68. The van der Waals surface area contributed by atoms with Gasteiger partial charge in [-0.05, 0) is 69.1 Å². The second-order valence-corrected chi connectivity index (χ2v) is 7.85. The Bertz CT molecular complexity index is 698. The second-order valence-electron chi connectivity index (χ2n) is 6.59. The Morgan fingerprint density at radius 3 is 2.48 bits per heavy atom. The fourth-order valence-corrected chi connectivity index (χ4v) is 4.25. The molecule has 0 unspecified atom stereocenters. The first-order valence-corrected chi connectivity index (χ1v) is 9.63. The molecule has 4 nitrogen and oxygen atoms in total. The van der Waals surface area contributed by atoms with Gasteiger partial charge < -0.3 is 10.1 Å². The quantitative estimate of drug-likeness (QED) is 0.850. The molecule has 1 atom stereocenters. The Morgan fingerprint density at radius 2 is 1.92 bits per heavy atom. The molecule has 0 spiro atoms. The number of hydrogen-bond acceptors (Lipinski definition) is 4. The average Bonchev–Trinajstić information content (AvgIpc) is 3.26. The molecular weight excluding hydrogens is 332 g/mol. The highest BCUT2D eigenvalue weighted by Crippen LogP contribution is 2.27. The number of hydrogen-bond donors (Lipinski definition) is 1. The predicted octanol–water partition coefficient (Wildman–Crippen LogP) is 3.94. The number of nitrogens with zero attached hydrogens (tertiary/aromatic N) is 1. The summed E-state index contributed by atoms with van der Waals surface area (Å²) < 4.78 is 5.26. The van der Waals surface area contributed by atoms with Crippen LogP contribution in [0.2, 0.25) is 0 Å². The maximum atomic E-state index is 12.5. The van der Waals surface area contributed by atoms with Gasteiger partial charge in [0.2, 0.25) is 0 Å². The molecule has 1 saturated heterocycles. The number of rotatable bonds is 6. The van der Waals surface area contributed by atoms with Gasteiger partial charge in [0.25, 0.3) is 5.91 Å². The SMILES string of the molecule is COc1ccc([C@H](CNC(=O)c2cc(C)c(C)s2)N2CCCC2)cc1. The molecule has 0 saturated carbocycles. The van der Waals surface area contributed by atoms with E-state index in [9.17, 15) is 4.79 Å². The van der Waals surface area contributed by atoms with Crippen LogP contribution in [-0.2, 0) is 0 Å². The summed E-state index contributed by atoms with van der Waals surface area (Å²) in [6.45, 7) is 6.91. The number of carbonyl (C=O) groups excluding carboxylic acids is 1. The molecule has 2 heterocycles. The van der Waals surface area contributed by atoms with Gasteiger partial charge in [0.1, 0.15) is 5.75 Å². The van der Waals surface area contributed by atoms with Crippen molar-refractivity contribution in [2.45, 2.75) is 32.7 Å². The van der Waals surface area contributed by atoms with Crippen LogP contribution in [0.4, 0.5) is 0 Å². The van der Waals surface area contributed by atoms with Crippen LogP contribution in [0.25, 0.3) is 0 Å². The fraction of sp³-hybridized carbons (Fsp3) is 0.450. The van der Waals surface area contributed by atoms with E-state index in [0.717, 1.165) is 23.7 Å². The van der Waals surface area contributed by atoms with Gasteiger partial charge in [-0.1, -0.05) is 12.1 Å². The summed E-state index contributed by atoms with van der Waals surface area (Å²) >= 11 is 1.56. The molecule has 1 N–H and O–H groups in total. The maximum Gasteiger partial charge on any atom is 0.261 e. The third-order valence-electron chi connectivity index (χ3n) is 4.93. The van der Waals surface area contributed by atoms with E-state index in [-0.39, 0.29) is 11.9 Å². The van der Waals surface area contributed by atoms with Crippen molar-refractivity contribution < 1.29 is 9.53 Å². The van der Waals surface area contributed by atoms with Crippen LogP contribution in [0.15, 0.2) is 30.3 Å².